The van der Waals surface area contributed by atoms with Crippen molar-refractivity contribution in [2.24, 2.45) is 0 Å². The summed E-state index contributed by atoms with van der Waals surface area (Å²) >= 11 is 1.38. The Hall–Kier alpha value is -2.54. The zero-order valence-corrected chi connectivity index (χ0v) is 13.4. The van der Waals surface area contributed by atoms with Gasteiger partial charge in [-0.25, -0.2) is 4.98 Å². The molecule has 0 spiro atoms. The van der Waals surface area contributed by atoms with Crippen molar-refractivity contribution >= 4 is 27.2 Å². The van der Waals surface area contributed by atoms with Crippen LogP contribution < -0.4 is 5.56 Å². The number of non-ortho nitro benzene ring substituents is 1. The molecule has 23 heavy (non-hydrogen) atoms. The maximum absolute atomic E-state index is 12.7. The van der Waals surface area contributed by atoms with Crippen molar-refractivity contribution in [3.05, 3.63) is 56.4 Å². The van der Waals surface area contributed by atoms with E-state index in [9.17, 15) is 14.9 Å². The van der Waals surface area contributed by atoms with Crippen LogP contribution in [0.2, 0.25) is 0 Å². The number of unbranched alkanes of at least 4 members (excludes halogenated alkanes) is 1. The van der Waals surface area contributed by atoms with Gasteiger partial charge < -0.3 is 0 Å². The Bertz CT molecular complexity index is 930. The van der Waals surface area contributed by atoms with Crippen molar-refractivity contribution < 1.29 is 4.92 Å². The Morgan fingerprint density at radius 3 is 2.96 bits per heavy atom. The van der Waals surface area contributed by atoms with Gasteiger partial charge in [0.2, 0.25) is 0 Å². The second-order valence-corrected chi connectivity index (χ2v) is 6.09. The number of hydrogen-bond donors (Lipinski definition) is 0. The number of aromatic nitrogens is 2. The van der Waals surface area contributed by atoms with E-state index in [1.165, 1.54) is 23.5 Å². The van der Waals surface area contributed by atoms with E-state index < -0.39 is 4.92 Å². The lowest BCUT2D eigenvalue weighted by Gasteiger charge is -2.05. The monoisotopic (exact) mass is 329 g/mol. The van der Waals surface area contributed by atoms with Crippen LogP contribution in [0.15, 0.2) is 40.8 Å². The quantitative estimate of drug-likeness (QED) is 0.526. The summed E-state index contributed by atoms with van der Waals surface area (Å²) in [6.45, 7) is 2.69. The highest BCUT2D eigenvalue weighted by atomic mass is 32.1. The first-order valence-electron chi connectivity index (χ1n) is 7.33. The van der Waals surface area contributed by atoms with Crippen LogP contribution in [0.4, 0.5) is 5.69 Å². The molecule has 0 atom stereocenters. The zero-order chi connectivity index (χ0) is 16.4. The van der Waals surface area contributed by atoms with Gasteiger partial charge in [-0.15, -0.1) is 11.3 Å². The van der Waals surface area contributed by atoms with E-state index in [1.54, 1.807) is 23.0 Å². The molecule has 0 aliphatic heterocycles. The van der Waals surface area contributed by atoms with Gasteiger partial charge in [0.25, 0.3) is 11.2 Å². The third kappa shape index (κ3) is 2.87. The van der Waals surface area contributed by atoms with Gasteiger partial charge in [0, 0.05) is 29.6 Å². The van der Waals surface area contributed by atoms with Crippen molar-refractivity contribution in [3.63, 3.8) is 0 Å². The molecular weight excluding hydrogens is 314 g/mol. The summed E-state index contributed by atoms with van der Waals surface area (Å²) in [6, 6.07) is 6.33. The minimum atomic E-state index is -0.435. The van der Waals surface area contributed by atoms with E-state index in [1.807, 2.05) is 5.38 Å². The van der Waals surface area contributed by atoms with Gasteiger partial charge in [0.05, 0.1) is 16.6 Å². The van der Waals surface area contributed by atoms with Crippen LogP contribution >= 0.6 is 11.3 Å². The van der Waals surface area contributed by atoms with Crippen LogP contribution in [-0.4, -0.2) is 14.5 Å². The number of nitro groups is 1. The summed E-state index contributed by atoms with van der Waals surface area (Å²) < 4.78 is 1.61. The van der Waals surface area contributed by atoms with Crippen molar-refractivity contribution in [2.75, 3.05) is 0 Å². The molecule has 0 saturated heterocycles. The minimum absolute atomic E-state index is 0.0112. The van der Waals surface area contributed by atoms with Crippen LogP contribution in [0.5, 0.6) is 0 Å². The number of nitrogens with zero attached hydrogens (tertiary/aromatic N) is 3. The highest BCUT2D eigenvalue weighted by Crippen LogP contribution is 2.32. The minimum Gasteiger partial charge on any atom is -0.299 e. The summed E-state index contributed by atoms with van der Waals surface area (Å²) in [5.74, 6) is 0. The molecule has 3 aromatic rings. The van der Waals surface area contributed by atoms with Crippen LogP contribution in [0.1, 0.15) is 19.8 Å². The number of fused-ring (bicyclic) bond motifs is 1. The Morgan fingerprint density at radius 2 is 2.22 bits per heavy atom. The number of hydrogen-bond acceptors (Lipinski definition) is 5. The van der Waals surface area contributed by atoms with Gasteiger partial charge >= 0.3 is 0 Å². The third-order valence-corrected chi connectivity index (χ3v) is 4.57. The standard InChI is InChI=1S/C16H15N3O3S/c1-2-3-7-18-10-17-15-14(16(18)20)13(9-23-15)11-5-4-6-12(8-11)19(21)22/h4-6,8-10H,2-3,7H2,1H3. The smallest absolute Gasteiger partial charge is 0.270 e. The number of aryl methyl sites for hydroxylation is 1. The summed E-state index contributed by atoms with van der Waals surface area (Å²) in [5.41, 5.74) is 1.29. The Morgan fingerprint density at radius 1 is 1.39 bits per heavy atom. The van der Waals surface area contributed by atoms with Gasteiger partial charge in [-0.1, -0.05) is 25.5 Å². The Labute approximate surface area is 136 Å². The molecule has 3 rings (SSSR count). The zero-order valence-electron chi connectivity index (χ0n) is 12.6. The lowest BCUT2D eigenvalue weighted by atomic mass is 10.1. The van der Waals surface area contributed by atoms with Gasteiger partial charge in [-0.3, -0.25) is 19.5 Å². The van der Waals surface area contributed by atoms with Gasteiger partial charge in [-0.2, -0.15) is 0 Å². The second-order valence-electron chi connectivity index (χ2n) is 5.23. The number of benzene rings is 1. The summed E-state index contributed by atoms with van der Waals surface area (Å²) in [4.78, 5) is 28.2. The first kappa shape index (κ1) is 15.4. The molecule has 0 bridgehead atoms. The molecule has 0 N–H and O–H groups in total. The van der Waals surface area contributed by atoms with Crippen LogP contribution in [0, 0.1) is 10.1 Å². The molecule has 118 valence electrons. The average molecular weight is 329 g/mol. The molecule has 6 nitrogen and oxygen atoms in total. The van der Waals surface area contributed by atoms with Crippen molar-refractivity contribution in [1.82, 2.24) is 9.55 Å². The topological polar surface area (TPSA) is 78.0 Å². The SMILES string of the molecule is CCCCn1cnc2scc(-c3cccc([N+](=O)[O-])c3)c2c1=O. The highest BCUT2D eigenvalue weighted by molar-refractivity contribution is 7.17. The first-order valence-corrected chi connectivity index (χ1v) is 8.21. The molecule has 0 aliphatic rings. The molecule has 1 aromatic carbocycles. The predicted molar refractivity (Wildman–Crippen MR) is 90.9 cm³/mol. The third-order valence-electron chi connectivity index (χ3n) is 3.68. The van der Waals surface area contributed by atoms with E-state index in [2.05, 4.69) is 11.9 Å². The van der Waals surface area contributed by atoms with Gasteiger partial charge in [-0.05, 0) is 12.0 Å². The summed E-state index contributed by atoms with van der Waals surface area (Å²) in [5, 5.41) is 13.3. The molecule has 2 aromatic heterocycles. The summed E-state index contributed by atoms with van der Waals surface area (Å²) in [6.07, 6.45) is 3.48. The van der Waals surface area contributed by atoms with E-state index in [-0.39, 0.29) is 11.2 Å². The molecular formula is C16H15N3O3S. The van der Waals surface area contributed by atoms with Crippen molar-refractivity contribution in [1.29, 1.82) is 0 Å². The molecule has 0 amide bonds. The fraction of sp³-hybridized carbons (Fsp3) is 0.250. The molecule has 0 fully saturated rings. The van der Waals surface area contributed by atoms with Crippen LogP contribution in [-0.2, 0) is 6.54 Å². The molecule has 0 radical (unpaired) electrons. The average Bonchev–Trinajstić information content (AvgIpc) is 2.99. The first-order chi connectivity index (χ1) is 11.1. The highest BCUT2D eigenvalue weighted by Gasteiger charge is 2.15. The van der Waals surface area contributed by atoms with Gasteiger partial charge in [0.15, 0.2) is 0 Å². The van der Waals surface area contributed by atoms with E-state index in [4.69, 9.17) is 0 Å². The molecule has 0 saturated carbocycles. The Kier molecular flexibility index (Phi) is 4.20. The van der Waals surface area contributed by atoms with Crippen molar-refractivity contribution in [3.8, 4) is 11.1 Å². The molecule has 0 aliphatic carbocycles. The fourth-order valence-corrected chi connectivity index (χ4v) is 3.36. The molecule has 7 heteroatoms. The fourth-order valence-electron chi connectivity index (χ4n) is 2.45. The van der Waals surface area contributed by atoms with E-state index >= 15 is 0 Å². The lowest BCUT2D eigenvalue weighted by Crippen LogP contribution is -2.20. The number of thiophene rings is 1. The Balaban J connectivity index is 2.16. The number of rotatable bonds is 5. The van der Waals surface area contributed by atoms with E-state index in [0.717, 1.165) is 12.8 Å². The molecule has 2 heterocycles. The summed E-state index contributed by atoms with van der Waals surface area (Å²) in [7, 11) is 0. The van der Waals surface area contributed by atoms with Crippen molar-refractivity contribution in [2.45, 2.75) is 26.3 Å². The van der Waals surface area contributed by atoms with Gasteiger partial charge in [0.1, 0.15) is 4.83 Å². The second kappa shape index (κ2) is 6.29. The maximum atomic E-state index is 12.7. The number of nitro benzene ring substituents is 1. The predicted octanol–water partition coefficient (Wildman–Crippen LogP) is 3.83. The van der Waals surface area contributed by atoms with Crippen LogP contribution in [0.3, 0.4) is 0 Å². The lowest BCUT2D eigenvalue weighted by molar-refractivity contribution is -0.384. The normalized spacial score (nSPS) is 11.0. The van der Waals surface area contributed by atoms with E-state index in [0.29, 0.717) is 27.9 Å². The largest absolute Gasteiger partial charge is 0.299 e. The maximum Gasteiger partial charge on any atom is 0.270 e. The van der Waals surface area contributed by atoms with Crippen LogP contribution in [0.25, 0.3) is 21.3 Å². The molecule has 0 unspecified atom stereocenters.